The molecule has 60 valence electrons. The van der Waals surface area contributed by atoms with E-state index in [0.29, 0.717) is 0 Å². The van der Waals surface area contributed by atoms with Crippen LogP contribution in [-0.4, -0.2) is 15.8 Å². The molecule has 11 heavy (non-hydrogen) atoms. The molecule has 0 unspecified atom stereocenters. The second-order valence-corrected chi connectivity index (χ2v) is 3.05. The van der Waals surface area contributed by atoms with Crippen LogP contribution in [0.3, 0.4) is 0 Å². The first-order chi connectivity index (χ1) is 5.15. The van der Waals surface area contributed by atoms with Gasteiger partial charge in [-0.1, -0.05) is 11.8 Å². The minimum atomic E-state index is 0.00171. The van der Waals surface area contributed by atoms with E-state index in [-0.39, 0.29) is 5.56 Å². The molecule has 0 aromatic carbocycles. The molecule has 3 nitrogen and oxygen atoms in total. The maximum atomic E-state index is 11.1. The van der Waals surface area contributed by atoms with Gasteiger partial charge in [-0.2, -0.15) is 0 Å². The largest absolute Gasteiger partial charge is 0.291 e. The zero-order chi connectivity index (χ0) is 8.43. The quantitative estimate of drug-likeness (QED) is 0.462. The second-order valence-electron chi connectivity index (χ2n) is 2.28. The maximum Gasteiger partial charge on any atom is 0.254 e. The van der Waals surface area contributed by atoms with Crippen molar-refractivity contribution < 1.29 is 0 Å². The Morgan fingerprint density at radius 2 is 2.27 bits per heavy atom. The predicted molar refractivity (Wildman–Crippen MR) is 46.0 cm³/mol. The van der Waals surface area contributed by atoms with Crippen LogP contribution < -0.4 is 5.56 Å². The molecule has 1 rings (SSSR count). The highest BCUT2D eigenvalue weighted by Gasteiger charge is 1.99. The Labute approximate surface area is 69.5 Å². The zero-order valence-electron chi connectivity index (χ0n) is 6.79. The van der Waals surface area contributed by atoms with Crippen molar-refractivity contribution in [2.45, 2.75) is 12.1 Å². The molecule has 0 N–H and O–H groups in total. The number of thioether (sulfide) groups is 1. The Kier molecular flexibility index (Phi) is 2.34. The van der Waals surface area contributed by atoms with Crippen LogP contribution in [0, 0.1) is 6.92 Å². The lowest BCUT2D eigenvalue weighted by Crippen LogP contribution is -2.19. The van der Waals surface area contributed by atoms with Crippen LogP contribution >= 0.6 is 11.8 Å². The summed E-state index contributed by atoms with van der Waals surface area (Å²) in [7, 11) is 1.72. The van der Waals surface area contributed by atoms with E-state index in [1.165, 1.54) is 22.4 Å². The number of nitrogens with zero attached hydrogens (tertiary/aromatic N) is 2. The molecule has 0 fully saturated rings. The summed E-state index contributed by atoms with van der Waals surface area (Å²) in [5.74, 6) is 0. The van der Waals surface area contributed by atoms with Crippen LogP contribution in [0.4, 0.5) is 0 Å². The molecule has 1 aromatic rings. The molecule has 0 aliphatic heterocycles. The van der Waals surface area contributed by atoms with Gasteiger partial charge in [-0.05, 0) is 13.2 Å². The number of rotatable bonds is 1. The molecule has 0 atom stereocenters. The summed E-state index contributed by atoms with van der Waals surface area (Å²) in [6.07, 6.45) is 1.90. The molecule has 0 aliphatic rings. The molecule has 1 heterocycles. The van der Waals surface area contributed by atoms with E-state index in [0.717, 1.165) is 10.9 Å². The van der Waals surface area contributed by atoms with Crippen molar-refractivity contribution >= 4 is 11.8 Å². The number of aryl methyl sites for hydroxylation is 1. The average molecular weight is 170 g/mol. The van der Waals surface area contributed by atoms with E-state index in [1.54, 1.807) is 7.05 Å². The van der Waals surface area contributed by atoms with Gasteiger partial charge in [0.15, 0.2) is 5.16 Å². The minimum Gasteiger partial charge on any atom is -0.291 e. The predicted octanol–water partition coefficient (Wildman–Crippen LogP) is 0.811. The van der Waals surface area contributed by atoms with Crippen molar-refractivity contribution in [3.05, 3.63) is 22.1 Å². The highest BCUT2D eigenvalue weighted by molar-refractivity contribution is 7.98. The molecular weight excluding hydrogens is 160 g/mol. The van der Waals surface area contributed by atoms with Gasteiger partial charge in [0.2, 0.25) is 0 Å². The van der Waals surface area contributed by atoms with Crippen LogP contribution in [0.15, 0.2) is 16.0 Å². The Hall–Kier alpha value is -0.770. The minimum absolute atomic E-state index is 0.00171. The van der Waals surface area contributed by atoms with Crippen molar-refractivity contribution in [3.8, 4) is 0 Å². The molecule has 0 amide bonds. The summed E-state index contributed by atoms with van der Waals surface area (Å²) in [5, 5.41) is 0.759. The van der Waals surface area contributed by atoms with Gasteiger partial charge in [0, 0.05) is 18.8 Å². The molecule has 4 heteroatoms. The van der Waals surface area contributed by atoms with E-state index in [9.17, 15) is 4.79 Å². The molecule has 1 aromatic heterocycles. The fraction of sp³-hybridized carbons (Fsp3) is 0.429. The maximum absolute atomic E-state index is 11.1. The number of hydrogen-bond donors (Lipinski definition) is 0. The molecule has 0 saturated heterocycles. The smallest absolute Gasteiger partial charge is 0.254 e. The van der Waals surface area contributed by atoms with Gasteiger partial charge >= 0.3 is 0 Å². The van der Waals surface area contributed by atoms with Crippen molar-refractivity contribution in [2.75, 3.05) is 6.26 Å². The van der Waals surface area contributed by atoms with E-state index in [2.05, 4.69) is 4.98 Å². The lowest BCUT2D eigenvalue weighted by Gasteiger charge is -2.03. The standard InChI is InChI=1S/C7H10N2OS/c1-5-4-6(10)9(2)7(8-5)11-3/h4H,1-3H3. The third-order valence-corrected chi connectivity index (χ3v) is 2.13. The van der Waals surface area contributed by atoms with E-state index >= 15 is 0 Å². The van der Waals surface area contributed by atoms with Crippen LogP contribution in [0.25, 0.3) is 0 Å². The van der Waals surface area contributed by atoms with Crippen molar-refractivity contribution in [3.63, 3.8) is 0 Å². The van der Waals surface area contributed by atoms with Crippen molar-refractivity contribution in [1.29, 1.82) is 0 Å². The fourth-order valence-corrected chi connectivity index (χ4v) is 1.41. The first kappa shape index (κ1) is 8.33. The van der Waals surface area contributed by atoms with Gasteiger partial charge in [0.1, 0.15) is 0 Å². The van der Waals surface area contributed by atoms with Gasteiger partial charge in [0.05, 0.1) is 0 Å². The Balaban J connectivity index is 3.36. The van der Waals surface area contributed by atoms with Gasteiger partial charge in [-0.15, -0.1) is 0 Å². The van der Waals surface area contributed by atoms with Crippen LogP contribution in [0.2, 0.25) is 0 Å². The molecule has 0 aliphatic carbocycles. The molecule has 0 radical (unpaired) electrons. The average Bonchev–Trinajstić information content (AvgIpc) is 1.96. The monoisotopic (exact) mass is 170 g/mol. The third-order valence-electron chi connectivity index (χ3n) is 1.40. The molecule has 0 spiro atoms. The Bertz CT molecular complexity index is 319. The summed E-state index contributed by atoms with van der Waals surface area (Å²) < 4.78 is 1.54. The number of aromatic nitrogens is 2. The normalized spacial score (nSPS) is 10.1. The SMILES string of the molecule is CSc1nc(C)cc(=O)n1C. The Morgan fingerprint density at radius 1 is 1.64 bits per heavy atom. The fourth-order valence-electron chi connectivity index (χ4n) is 0.810. The lowest BCUT2D eigenvalue weighted by atomic mass is 10.4. The molecule has 0 bridgehead atoms. The summed E-state index contributed by atoms with van der Waals surface area (Å²) in [6.45, 7) is 1.82. The second kappa shape index (κ2) is 3.09. The number of hydrogen-bond acceptors (Lipinski definition) is 3. The molecular formula is C7H10N2OS. The zero-order valence-corrected chi connectivity index (χ0v) is 7.60. The van der Waals surface area contributed by atoms with E-state index in [4.69, 9.17) is 0 Å². The summed E-state index contributed by atoms with van der Waals surface area (Å²) in [4.78, 5) is 15.3. The first-order valence-corrected chi connectivity index (χ1v) is 4.46. The van der Waals surface area contributed by atoms with Gasteiger partial charge < -0.3 is 0 Å². The van der Waals surface area contributed by atoms with Crippen LogP contribution in [0.1, 0.15) is 5.69 Å². The van der Waals surface area contributed by atoms with Gasteiger partial charge in [-0.25, -0.2) is 4.98 Å². The topological polar surface area (TPSA) is 34.9 Å². The van der Waals surface area contributed by atoms with Crippen LogP contribution in [0.5, 0.6) is 0 Å². The lowest BCUT2D eigenvalue weighted by molar-refractivity contribution is 0.700. The molecule has 0 saturated carbocycles. The summed E-state index contributed by atoms with van der Waals surface area (Å²) >= 11 is 1.48. The summed E-state index contributed by atoms with van der Waals surface area (Å²) in [6, 6.07) is 1.53. The van der Waals surface area contributed by atoms with Gasteiger partial charge in [0.25, 0.3) is 5.56 Å². The first-order valence-electron chi connectivity index (χ1n) is 3.24. The van der Waals surface area contributed by atoms with Crippen molar-refractivity contribution in [1.82, 2.24) is 9.55 Å². The van der Waals surface area contributed by atoms with Crippen molar-refractivity contribution in [2.24, 2.45) is 7.05 Å². The van der Waals surface area contributed by atoms with E-state index < -0.39 is 0 Å². The van der Waals surface area contributed by atoms with E-state index in [1.807, 2.05) is 13.2 Å². The van der Waals surface area contributed by atoms with Gasteiger partial charge in [-0.3, -0.25) is 9.36 Å². The van der Waals surface area contributed by atoms with Crippen LogP contribution in [-0.2, 0) is 7.05 Å². The third kappa shape index (κ3) is 1.63. The highest BCUT2D eigenvalue weighted by atomic mass is 32.2. The summed E-state index contributed by atoms with van der Waals surface area (Å²) in [5.41, 5.74) is 0.777. The highest BCUT2D eigenvalue weighted by Crippen LogP contribution is 2.07. The Morgan fingerprint density at radius 3 is 2.82 bits per heavy atom.